The average molecular weight is 291 g/mol. The van der Waals surface area contributed by atoms with Gasteiger partial charge in [0.25, 0.3) is 0 Å². The molecule has 0 fully saturated rings. The Morgan fingerprint density at radius 1 is 1.50 bits per heavy atom. The third-order valence-electron chi connectivity index (χ3n) is 2.54. The number of hydrogen-bond acceptors (Lipinski definition) is 3. The second-order valence-corrected chi connectivity index (χ2v) is 5.36. The second-order valence-electron chi connectivity index (χ2n) is 4.62. The Labute approximate surface area is 117 Å². The van der Waals surface area contributed by atoms with Crippen molar-refractivity contribution < 1.29 is 9.53 Å². The zero-order valence-electron chi connectivity index (χ0n) is 10.8. The van der Waals surface area contributed by atoms with Gasteiger partial charge < -0.3 is 10.1 Å². The molecule has 1 heterocycles. The highest BCUT2D eigenvalue weighted by atomic mass is 35.5. The van der Waals surface area contributed by atoms with E-state index in [1.807, 2.05) is 13.8 Å². The van der Waals surface area contributed by atoms with E-state index in [0.717, 1.165) is 5.56 Å². The fraction of sp³-hybridized carbons (Fsp3) is 0.500. The summed E-state index contributed by atoms with van der Waals surface area (Å²) in [6.45, 7) is 5.47. The van der Waals surface area contributed by atoms with Gasteiger partial charge in [-0.1, -0.05) is 23.2 Å². The molecule has 0 unspecified atom stereocenters. The molecule has 0 saturated carbocycles. The van der Waals surface area contributed by atoms with Crippen LogP contribution in [0.15, 0.2) is 6.07 Å². The first kappa shape index (κ1) is 15.2. The van der Waals surface area contributed by atoms with Gasteiger partial charge >= 0.3 is 0 Å². The molecule has 1 aromatic heterocycles. The smallest absolute Gasteiger partial charge is 0.227 e. The Bertz CT molecular complexity index is 438. The van der Waals surface area contributed by atoms with Crippen LogP contribution in [0.5, 0.6) is 0 Å². The Morgan fingerprint density at radius 3 is 2.61 bits per heavy atom. The molecule has 1 rings (SSSR count). The van der Waals surface area contributed by atoms with Crippen LogP contribution < -0.4 is 5.32 Å². The van der Waals surface area contributed by atoms with E-state index in [0.29, 0.717) is 10.8 Å². The van der Waals surface area contributed by atoms with E-state index in [1.54, 1.807) is 20.1 Å². The Morgan fingerprint density at radius 2 is 2.11 bits per heavy atom. The minimum atomic E-state index is -0.523. The lowest BCUT2D eigenvalue weighted by molar-refractivity contribution is -0.121. The number of aryl methyl sites for hydroxylation is 1. The largest absolute Gasteiger partial charge is 0.378 e. The number of pyridine rings is 1. The summed E-state index contributed by atoms with van der Waals surface area (Å²) in [6.07, 6.45) is 0.224. The van der Waals surface area contributed by atoms with Crippen molar-refractivity contribution in [1.82, 2.24) is 4.98 Å². The van der Waals surface area contributed by atoms with Crippen molar-refractivity contribution in [2.24, 2.45) is 0 Å². The van der Waals surface area contributed by atoms with Crippen LogP contribution >= 0.6 is 23.2 Å². The van der Waals surface area contributed by atoms with Gasteiger partial charge in [0.05, 0.1) is 17.7 Å². The summed E-state index contributed by atoms with van der Waals surface area (Å²) in [6, 6.07) is 1.64. The zero-order valence-corrected chi connectivity index (χ0v) is 12.3. The van der Waals surface area contributed by atoms with Crippen molar-refractivity contribution >= 4 is 34.8 Å². The van der Waals surface area contributed by atoms with Crippen molar-refractivity contribution in [3.05, 3.63) is 21.9 Å². The SMILES string of the molecule is COC(C)(C)CC(=O)Nc1c(C)cc(Cl)nc1Cl. The van der Waals surface area contributed by atoms with Gasteiger partial charge in [0.1, 0.15) is 5.15 Å². The summed E-state index contributed by atoms with van der Waals surface area (Å²) in [4.78, 5) is 15.8. The molecule has 4 nitrogen and oxygen atoms in total. The van der Waals surface area contributed by atoms with Gasteiger partial charge in [-0.3, -0.25) is 4.79 Å². The van der Waals surface area contributed by atoms with Crippen LogP contribution in [-0.2, 0) is 9.53 Å². The fourth-order valence-corrected chi connectivity index (χ4v) is 1.97. The van der Waals surface area contributed by atoms with Gasteiger partial charge in [-0.25, -0.2) is 4.98 Å². The fourth-order valence-electron chi connectivity index (χ4n) is 1.39. The van der Waals surface area contributed by atoms with Crippen LogP contribution in [0.25, 0.3) is 0 Å². The highest BCUT2D eigenvalue weighted by Gasteiger charge is 2.22. The van der Waals surface area contributed by atoms with E-state index < -0.39 is 5.60 Å². The van der Waals surface area contributed by atoms with Gasteiger partial charge in [-0.15, -0.1) is 0 Å². The van der Waals surface area contributed by atoms with Crippen molar-refractivity contribution in [1.29, 1.82) is 0 Å². The number of amides is 1. The standard InChI is InChI=1S/C12H16Cl2N2O2/c1-7-5-8(13)15-11(14)10(7)16-9(17)6-12(2,3)18-4/h5H,6H2,1-4H3,(H,16,17). The molecule has 0 aliphatic rings. The molecule has 1 N–H and O–H groups in total. The van der Waals surface area contributed by atoms with E-state index in [2.05, 4.69) is 10.3 Å². The number of hydrogen-bond donors (Lipinski definition) is 1. The molecule has 0 spiro atoms. The van der Waals surface area contributed by atoms with Crippen LogP contribution in [-0.4, -0.2) is 23.6 Å². The molecule has 1 amide bonds. The first-order valence-electron chi connectivity index (χ1n) is 5.43. The number of aromatic nitrogens is 1. The summed E-state index contributed by atoms with van der Waals surface area (Å²) in [7, 11) is 1.56. The number of carbonyl (C=O) groups is 1. The Balaban J connectivity index is 2.83. The highest BCUT2D eigenvalue weighted by molar-refractivity contribution is 6.34. The summed E-state index contributed by atoms with van der Waals surface area (Å²) in [5, 5.41) is 3.21. The first-order valence-corrected chi connectivity index (χ1v) is 6.18. The van der Waals surface area contributed by atoms with Gasteiger partial charge in [-0.2, -0.15) is 0 Å². The second kappa shape index (κ2) is 5.87. The maximum absolute atomic E-state index is 11.9. The lowest BCUT2D eigenvalue weighted by Gasteiger charge is -2.22. The average Bonchev–Trinajstić information content (AvgIpc) is 2.22. The molecule has 6 heteroatoms. The Kier molecular flexibility index (Phi) is 4.96. The van der Waals surface area contributed by atoms with Crippen LogP contribution in [0, 0.1) is 6.92 Å². The molecule has 0 bridgehead atoms. The minimum Gasteiger partial charge on any atom is -0.378 e. The highest BCUT2D eigenvalue weighted by Crippen LogP contribution is 2.27. The van der Waals surface area contributed by atoms with E-state index in [4.69, 9.17) is 27.9 Å². The third-order valence-corrected chi connectivity index (χ3v) is 3.01. The van der Waals surface area contributed by atoms with Crippen LogP contribution in [0.1, 0.15) is 25.8 Å². The quantitative estimate of drug-likeness (QED) is 0.864. The topological polar surface area (TPSA) is 51.2 Å². The van der Waals surface area contributed by atoms with Gasteiger partial charge in [0.15, 0.2) is 5.15 Å². The van der Waals surface area contributed by atoms with Crippen molar-refractivity contribution in [2.75, 3.05) is 12.4 Å². The van der Waals surface area contributed by atoms with Crippen molar-refractivity contribution in [3.8, 4) is 0 Å². The number of halogens is 2. The lowest BCUT2D eigenvalue weighted by Crippen LogP contribution is -2.29. The molecule has 1 aromatic rings. The number of nitrogens with zero attached hydrogens (tertiary/aromatic N) is 1. The third kappa shape index (κ3) is 4.12. The molecular formula is C12H16Cl2N2O2. The van der Waals surface area contributed by atoms with E-state index in [9.17, 15) is 4.79 Å². The molecule has 0 aliphatic heterocycles. The lowest BCUT2D eigenvalue weighted by atomic mass is 10.0. The predicted octanol–water partition coefficient (Wildman–Crippen LogP) is 3.45. The predicted molar refractivity (Wildman–Crippen MR) is 73.3 cm³/mol. The molecule has 0 saturated heterocycles. The minimum absolute atomic E-state index is 0.184. The van der Waals surface area contributed by atoms with Crippen LogP contribution in [0.3, 0.4) is 0 Å². The van der Waals surface area contributed by atoms with E-state index in [1.165, 1.54) is 0 Å². The summed E-state index contributed by atoms with van der Waals surface area (Å²) in [5.74, 6) is -0.184. The Hall–Kier alpha value is -0.840. The summed E-state index contributed by atoms with van der Waals surface area (Å²) in [5.41, 5.74) is 0.728. The normalized spacial score (nSPS) is 11.4. The molecule has 0 atom stereocenters. The number of carbonyl (C=O) groups excluding carboxylic acids is 1. The first-order chi connectivity index (χ1) is 8.25. The maximum Gasteiger partial charge on any atom is 0.227 e. The van der Waals surface area contributed by atoms with Gasteiger partial charge in [-0.05, 0) is 32.4 Å². The number of nitrogens with one attached hydrogen (secondary N) is 1. The van der Waals surface area contributed by atoms with E-state index >= 15 is 0 Å². The number of methoxy groups -OCH3 is 1. The molecule has 100 valence electrons. The summed E-state index contributed by atoms with van der Waals surface area (Å²) < 4.78 is 5.20. The van der Waals surface area contributed by atoms with Crippen LogP contribution in [0.2, 0.25) is 10.3 Å². The molecule has 0 aromatic carbocycles. The molecule has 0 aliphatic carbocycles. The van der Waals surface area contributed by atoms with E-state index in [-0.39, 0.29) is 17.5 Å². The number of rotatable bonds is 4. The van der Waals surface area contributed by atoms with Gasteiger partial charge in [0, 0.05) is 7.11 Å². The molecule has 18 heavy (non-hydrogen) atoms. The molecular weight excluding hydrogens is 275 g/mol. The zero-order chi connectivity index (χ0) is 13.9. The van der Waals surface area contributed by atoms with Crippen molar-refractivity contribution in [2.45, 2.75) is 32.8 Å². The maximum atomic E-state index is 11.9. The number of ether oxygens (including phenoxy) is 1. The van der Waals surface area contributed by atoms with Crippen LogP contribution in [0.4, 0.5) is 5.69 Å². The molecule has 0 radical (unpaired) electrons. The summed E-state index contributed by atoms with van der Waals surface area (Å²) >= 11 is 11.7. The van der Waals surface area contributed by atoms with Crippen molar-refractivity contribution in [3.63, 3.8) is 0 Å². The monoisotopic (exact) mass is 290 g/mol. The van der Waals surface area contributed by atoms with Gasteiger partial charge in [0.2, 0.25) is 5.91 Å². The number of anilines is 1.